The Morgan fingerprint density at radius 2 is 1.95 bits per heavy atom. The SMILES string of the molecule is COc1cccc(OCc2nnc3ccccn23)c1. The number of nitrogens with zero attached hydrogens (tertiary/aromatic N) is 3. The number of aromatic nitrogens is 3. The van der Waals surface area contributed by atoms with E-state index in [-0.39, 0.29) is 0 Å². The molecule has 5 nitrogen and oxygen atoms in total. The van der Waals surface area contributed by atoms with E-state index in [0.717, 1.165) is 23.0 Å². The maximum atomic E-state index is 5.70. The van der Waals surface area contributed by atoms with Gasteiger partial charge in [0.05, 0.1) is 7.11 Å². The number of hydrogen-bond acceptors (Lipinski definition) is 4. The van der Waals surface area contributed by atoms with Crippen LogP contribution in [0.25, 0.3) is 5.65 Å². The number of ether oxygens (including phenoxy) is 2. The highest BCUT2D eigenvalue weighted by molar-refractivity contribution is 5.37. The average molecular weight is 255 g/mol. The van der Waals surface area contributed by atoms with Crippen LogP contribution < -0.4 is 9.47 Å². The van der Waals surface area contributed by atoms with Gasteiger partial charge in [-0.05, 0) is 24.3 Å². The summed E-state index contributed by atoms with van der Waals surface area (Å²) in [5, 5.41) is 8.18. The maximum absolute atomic E-state index is 5.70. The Labute approximate surface area is 110 Å². The average Bonchev–Trinajstić information content (AvgIpc) is 2.89. The van der Waals surface area contributed by atoms with E-state index in [9.17, 15) is 0 Å². The molecule has 5 heteroatoms. The van der Waals surface area contributed by atoms with Gasteiger partial charge in [-0.25, -0.2) is 0 Å². The minimum atomic E-state index is 0.359. The normalized spacial score (nSPS) is 10.6. The molecule has 0 unspecified atom stereocenters. The lowest BCUT2D eigenvalue weighted by Gasteiger charge is -2.06. The minimum Gasteiger partial charge on any atom is -0.497 e. The fraction of sp³-hybridized carbons (Fsp3) is 0.143. The third-order valence-corrected chi connectivity index (χ3v) is 2.79. The first-order valence-corrected chi connectivity index (χ1v) is 5.92. The highest BCUT2D eigenvalue weighted by atomic mass is 16.5. The number of rotatable bonds is 4. The van der Waals surface area contributed by atoms with E-state index in [1.54, 1.807) is 7.11 Å². The highest BCUT2D eigenvalue weighted by Gasteiger charge is 2.05. The number of benzene rings is 1. The maximum Gasteiger partial charge on any atom is 0.175 e. The molecule has 0 saturated carbocycles. The molecule has 0 aliphatic carbocycles. The first kappa shape index (κ1) is 11.5. The van der Waals surface area contributed by atoms with Gasteiger partial charge in [-0.1, -0.05) is 12.1 Å². The van der Waals surface area contributed by atoms with Crippen molar-refractivity contribution in [1.29, 1.82) is 0 Å². The third-order valence-electron chi connectivity index (χ3n) is 2.79. The molecule has 1 aromatic carbocycles. The Bertz CT molecular complexity index is 694. The molecule has 0 amide bonds. The zero-order valence-corrected chi connectivity index (χ0v) is 10.5. The predicted molar refractivity (Wildman–Crippen MR) is 70.3 cm³/mol. The fourth-order valence-corrected chi connectivity index (χ4v) is 1.83. The summed E-state index contributed by atoms with van der Waals surface area (Å²) in [6.45, 7) is 0.359. The molecule has 0 atom stereocenters. The van der Waals surface area contributed by atoms with Crippen LogP contribution in [0.1, 0.15) is 5.82 Å². The molecule has 0 bridgehead atoms. The fourth-order valence-electron chi connectivity index (χ4n) is 1.83. The molecule has 0 aliphatic rings. The van der Waals surface area contributed by atoms with Crippen molar-refractivity contribution in [1.82, 2.24) is 14.6 Å². The van der Waals surface area contributed by atoms with Gasteiger partial charge in [0, 0.05) is 12.3 Å². The summed E-state index contributed by atoms with van der Waals surface area (Å²) in [5.74, 6) is 2.27. The second kappa shape index (κ2) is 4.97. The largest absolute Gasteiger partial charge is 0.497 e. The Kier molecular flexibility index (Phi) is 3.02. The number of hydrogen-bond donors (Lipinski definition) is 0. The van der Waals surface area contributed by atoms with Gasteiger partial charge in [-0.2, -0.15) is 0 Å². The van der Waals surface area contributed by atoms with E-state index in [2.05, 4.69) is 10.2 Å². The summed E-state index contributed by atoms with van der Waals surface area (Å²) in [4.78, 5) is 0. The van der Waals surface area contributed by atoms with Crippen molar-refractivity contribution in [2.75, 3.05) is 7.11 Å². The summed E-state index contributed by atoms with van der Waals surface area (Å²) in [5.41, 5.74) is 0.812. The van der Waals surface area contributed by atoms with Crippen molar-refractivity contribution in [3.8, 4) is 11.5 Å². The zero-order valence-electron chi connectivity index (χ0n) is 10.5. The number of methoxy groups -OCH3 is 1. The Morgan fingerprint density at radius 1 is 1.05 bits per heavy atom. The molecule has 0 fully saturated rings. The minimum absolute atomic E-state index is 0.359. The van der Waals surface area contributed by atoms with Gasteiger partial charge in [0.1, 0.15) is 18.1 Å². The summed E-state index contributed by atoms with van der Waals surface area (Å²) in [6, 6.07) is 13.2. The van der Waals surface area contributed by atoms with E-state index in [4.69, 9.17) is 9.47 Å². The molecule has 0 saturated heterocycles. The van der Waals surface area contributed by atoms with Gasteiger partial charge in [0.2, 0.25) is 0 Å². The lowest BCUT2D eigenvalue weighted by Crippen LogP contribution is -2.01. The second-order valence-electron chi connectivity index (χ2n) is 4.01. The molecule has 3 aromatic rings. The van der Waals surface area contributed by atoms with Crippen LogP contribution in [0, 0.1) is 0 Å². The van der Waals surface area contributed by atoms with Crippen LogP contribution in [0.2, 0.25) is 0 Å². The third kappa shape index (κ3) is 2.35. The first-order chi connectivity index (χ1) is 9.36. The predicted octanol–water partition coefficient (Wildman–Crippen LogP) is 2.32. The van der Waals surface area contributed by atoms with Crippen LogP contribution in [0.3, 0.4) is 0 Å². The molecular formula is C14H13N3O2. The van der Waals surface area contributed by atoms with Crippen LogP contribution in [0.15, 0.2) is 48.7 Å². The van der Waals surface area contributed by atoms with E-state index < -0.39 is 0 Å². The molecule has 3 rings (SSSR count). The molecule has 2 heterocycles. The summed E-state index contributed by atoms with van der Waals surface area (Å²) < 4.78 is 12.7. The van der Waals surface area contributed by atoms with Gasteiger partial charge in [-0.15, -0.1) is 10.2 Å². The summed E-state index contributed by atoms with van der Waals surface area (Å²) >= 11 is 0. The van der Waals surface area contributed by atoms with Crippen molar-refractivity contribution >= 4 is 5.65 Å². The summed E-state index contributed by atoms with van der Waals surface area (Å²) in [7, 11) is 1.63. The molecule has 2 aromatic heterocycles. The van der Waals surface area contributed by atoms with Crippen molar-refractivity contribution in [2.45, 2.75) is 6.61 Å². The van der Waals surface area contributed by atoms with Gasteiger partial charge in [-0.3, -0.25) is 4.40 Å². The smallest absolute Gasteiger partial charge is 0.175 e. The second-order valence-corrected chi connectivity index (χ2v) is 4.01. The molecule has 0 N–H and O–H groups in total. The Balaban J connectivity index is 1.78. The first-order valence-electron chi connectivity index (χ1n) is 5.92. The standard InChI is InChI=1S/C14H13N3O2/c1-18-11-5-4-6-12(9-11)19-10-14-16-15-13-7-2-3-8-17(13)14/h2-9H,10H2,1H3. The van der Waals surface area contributed by atoms with Crippen LogP contribution in [-0.2, 0) is 6.61 Å². The van der Waals surface area contributed by atoms with Crippen LogP contribution in [-0.4, -0.2) is 21.7 Å². The van der Waals surface area contributed by atoms with Gasteiger partial charge >= 0.3 is 0 Å². The lowest BCUT2D eigenvalue weighted by molar-refractivity contribution is 0.292. The van der Waals surface area contributed by atoms with E-state index in [1.165, 1.54) is 0 Å². The Hall–Kier alpha value is -2.56. The molecule has 0 spiro atoms. The monoisotopic (exact) mass is 255 g/mol. The molecule has 19 heavy (non-hydrogen) atoms. The summed E-state index contributed by atoms with van der Waals surface area (Å²) in [6.07, 6.45) is 1.92. The van der Waals surface area contributed by atoms with Crippen molar-refractivity contribution < 1.29 is 9.47 Å². The molecule has 0 radical (unpaired) electrons. The number of pyridine rings is 1. The molecular weight excluding hydrogens is 242 g/mol. The van der Waals surface area contributed by atoms with Crippen molar-refractivity contribution in [2.24, 2.45) is 0 Å². The number of fused-ring (bicyclic) bond motifs is 1. The lowest BCUT2D eigenvalue weighted by atomic mass is 10.3. The van der Waals surface area contributed by atoms with Crippen molar-refractivity contribution in [3.63, 3.8) is 0 Å². The van der Waals surface area contributed by atoms with Gasteiger partial charge in [0.15, 0.2) is 11.5 Å². The quantitative estimate of drug-likeness (QED) is 0.717. The van der Waals surface area contributed by atoms with Gasteiger partial charge < -0.3 is 9.47 Å². The van der Waals surface area contributed by atoms with E-state index in [1.807, 2.05) is 53.1 Å². The van der Waals surface area contributed by atoms with Crippen LogP contribution >= 0.6 is 0 Å². The van der Waals surface area contributed by atoms with E-state index in [0.29, 0.717) is 6.61 Å². The topological polar surface area (TPSA) is 48.7 Å². The zero-order chi connectivity index (χ0) is 13.1. The molecule has 0 aliphatic heterocycles. The van der Waals surface area contributed by atoms with Crippen molar-refractivity contribution in [3.05, 3.63) is 54.5 Å². The van der Waals surface area contributed by atoms with Crippen LogP contribution in [0.4, 0.5) is 0 Å². The van der Waals surface area contributed by atoms with Gasteiger partial charge in [0.25, 0.3) is 0 Å². The van der Waals surface area contributed by atoms with E-state index >= 15 is 0 Å². The van der Waals surface area contributed by atoms with Crippen LogP contribution in [0.5, 0.6) is 11.5 Å². The molecule has 96 valence electrons. The Morgan fingerprint density at radius 3 is 2.84 bits per heavy atom. The highest BCUT2D eigenvalue weighted by Crippen LogP contribution is 2.19.